The summed E-state index contributed by atoms with van der Waals surface area (Å²) in [5.74, 6) is -0.846. The third kappa shape index (κ3) is 8.86. The molecule has 0 amide bonds. The molecule has 11 unspecified atom stereocenters. The van der Waals surface area contributed by atoms with Gasteiger partial charge < -0.3 is 80.0 Å². The highest BCUT2D eigenvalue weighted by molar-refractivity contribution is 7.47. The minimum absolute atomic E-state index is 0.0209. The Labute approximate surface area is 254 Å². The third-order valence-electron chi connectivity index (χ3n) is 7.51. The molecule has 15 atom stereocenters. The molecule has 21 nitrogen and oxygen atoms in total. The van der Waals surface area contributed by atoms with Gasteiger partial charge in [-0.2, -0.15) is 0 Å². The Hall–Kier alpha value is -1.15. The zero-order valence-electron chi connectivity index (χ0n) is 23.3. The van der Waals surface area contributed by atoms with Crippen molar-refractivity contribution in [2.24, 2.45) is 0 Å². The zero-order chi connectivity index (χ0) is 33.8. The van der Waals surface area contributed by atoms with E-state index in [1.807, 2.05) is 0 Å². The standard InChI is InChI=1S/C23H39O21P/c24-4-7(27)2-1-3-39-45(37,38)44-21-19(42-22-17(35)12(30)10(28)8(5-25)40-22)15(33)14(32)16(34)20(21)43-23-18(36)13(31)11(29)9(6-26)41-23/h4,8-23,25-26,28-36H,1-3,5-6H2,(H,37,38)/t8?,9?,10-,11-,12?,13?,14?,15?,16?,17?,18?,19?,20?,21?,22-,23-/m1/s1. The van der Waals surface area contributed by atoms with Gasteiger partial charge in [0.2, 0.25) is 0 Å². The molecule has 0 spiro atoms. The van der Waals surface area contributed by atoms with Crippen molar-refractivity contribution in [1.29, 1.82) is 0 Å². The first-order valence-electron chi connectivity index (χ1n) is 13.7. The van der Waals surface area contributed by atoms with Gasteiger partial charge in [-0.15, -0.1) is 0 Å². The van der Waals surface area contributed by atoms with Crippen molar-refractivity contribution in [3.05, 3.63) is 0 Å². The van der Waals surface area contributed by atoms with Crippen LogP contribution in [0, 0.1) is 0 Å². The monoisotopic (exact) mass is 682 g/mol. The van der Waals surface area contributed by atoms with Crippen molar-refractivity contribution in [1.82, 2.24) is 0 Å². The summed E-state index contributed by atoms with van der Waals surface area (Å²) in [6.45, 7) is -2.47. The molecule has 0 aromatic carbocycles. The average molecular weight is 683 g/mol. The number of carbonyl (C=O) groups is 2. The van der Waals surface area contributed by atoms with E-state index in [2.05, 4.69) is 0 Å². The van der Waals surface area contributed by atoms with Crippen molar-refractivity contribution < 1.29 is 103 Å². The predicted molar refractivity (Wildman–Crippen MR) is 136 cm³/mol. The maximum Gasteiger partial charge on any atom is 0.472 e. The molecule has 3 rings (SSSR count). The van der Waals surface area contributed by atoms with Crippen molar-refractivity contribution in [3.63, 3.8) is 0 Å². The summed E-state index contributed by atoms with van der Waals surface area (Å²) in [7, 11) is -5.32. The summed E-state index contributed by atoms with van der Waals surface area (Å²) in [6.07, 6.45) is -33.0. The summed E-state index contributed by atoms with van der Waals surface area (Å²) in [4.78, 5) is 32.1. The number of hydrogen-bond donors (Lipinski definition) is 12. The second-order valence-corrected chi connectivity index (χ2v) is 12.0. The molecule has 2 aliphatic heterocycles. The number of aliphatic hydroxyl groups is 11. The highest BCUT2D eigenvalue weighted by Crippen LogP contribution is 2.48. The number of aldehydes is 1. The predicted octanol–water partition coefficient (Wildman–Crippen LogP) is -7.50. The van der Waals surface area contributed by atoms with Crippen LogP contribution < -0.4 is 0 Å². The number of ether oxygens (including phenoxy) is 4. The Morgan fingerprint density at radius 1 is 0.667 bits per heavy atom. The lowest BCUT2D eigenvalue weighted by Crippen LogP contribution is -2.69. The van der Waals surface area contributed by atoms with Crippen LogP contribution in [0.1, 0.15) is 12.8 Å². The lowest BCUT2D eigenvalue weighted by atomic mass is 9.84. The molecule has 22 heteroatoms. The number of Topliss-reactive ketones (excluding diaryl/α,β-unsaturated/α-hetero) is 1. The van der Waals surface area contributed by atoms with Crippen LogP contribution in [-0.2, 0) is 42.1 Å². The minimum atomic E-state index is -5.32. The van der Waals surface area contributed by atoms with Crippen molar-refractivity contribution in [3.8, 4) is 0 Å². The second kappa shape index (κ2) is 16.3. The highest BCUT2D eigenvalue weighted by atomic mass is 31.2. The van der Waals surface area contributed by atoms with E-state index in [0.29, 0.717) is 0 Å². The van der Waals surface area contributed by atoms with Crippen LogP contribution in [0.2, 0.25) is 0 Å². The van der Waals surface area contributed by atoms with Gasteiger partial charge in [0.1, 0.15) is 85.5 Å². The minimum Gasteiger partial charge on any atom is -0.394 e. The van der Waals surface area contributed by atoms with Gasteiger partial charge in [-0.3, -0.25) is 18.6 Å². The number of aliphatic hydroxyl groups excluding tert-OH is 11. The smallest absolute Gasteiger partial charge is 0.394 e. The van der Waals surface area contributed by atoms with Crippen LogP contribution >= 0.6 is 7.82 Å². The molecule has 2 heterocycles. The molecule has 0 aromatic rings. The van der Waals surface area contributed by atoms with Crippen LogP contribution in [0.15, 0.2) is 0 Å². The molecule has 0 bridgehead atoms. The van der Waals surface area contributed by atoms with E-state index < -0.39 is 131 Å². The maximum absolute atomic E-state index is 12.9. The Bertz CT molecular complexity index is 963. The van der Waals surface area contributed by atoms with E-state index >= 15 is 0 Å². The van der Waals surface area contributed by atoms with Crippen LogP contribution in [0.4, 0.5) is 0 Å². The van der Waals surface area contributed by atoms with Crippen LogP contribution in [0.25, 0.3) is 0 Å². The fourth-order valence-corrected chi connectivity index (χ4v) is 5.91. The van der Waals surface area contributed by atoms with Crippen LogP contribution in [0.5, 0.6) is 0 Å². The number of phosphoric acid groups is 1. The molecule has 262 valence electrons. The third-order valence-corrected chi connectivity index (χ3v) is 8.53. The lowest BCUT2D eigenvalue weighted by Gasteiger charge is -2.49. The van der Waals surface area contributed by atoms with Crippen molar-refractivity contribution in [2.45, 2.75) is 111 Å². The van der Waals surface area contributed by atoms with E-state index in [9.17, 15) is 75.2 Å². The van der Waals surface area contributed by atoms with Gasteiger partial charge in [0.15, 0.2) is 24.6 Å². The normalized spacial score (nSPS) is 45.5. The number of hydrogen-bond acceptors (Lipinski definition) is 20. The van der Waals surface area contributed by atoms with E-state index in [1.165, 1.54) is 0 Å². The molecule has 1 saturated carbocycles. The number of ketones is 1. The Morgan fingerprint density at radius 2 is 1.09 bits per heavy atom. The van der Waals surface area contributed by atoms with Gasteiger partial charge in [0, 0.05) is 6.42 Å². The highest BCUT2D eigenvalue weighted by Gasteiger charge is 2.58. The number of rotatable bonds is 14. The lowest BCUT2D eigenvalue weighted by molar-refractivity contribution is -0.360. The van der Waals surface area contributed by atoms with E-state index in [0.717, 1.165) is 0 Å². The van der Waals surface area contributed by atoms with Crippen molar-refractivity contribution in [2.75, 3.05) is 19.8 Å². The number of phosphoric ester groups is 1. The maximum atomic E-state index is 12.9. The molecule has 45 heavy (non-hydrogen) atoms. The summed E-state index contributed by atoms with van der Waals surface area (Å²) in [5.41, 5.74) is 0. The van der Waals surface area contributed by atoms with Gasteiger partial charge in [-0.25, -0.2) is 4.57 Å². The average Bonchev–Trinajstić information content (AvgIpc) is 3.01. The molecule has 0 aromatic heterocycles. The van der Waals surface area contributed by atoms with Gasteiger partial charge in [0.25, 0.3) is 0 Å². The van der Waals surface area contributed by atoms with E-state index in [-0.39, 0.29) is 19.1 Å². The topological polar surface area (TPSA) is 349 Å². The molecule has 0 radical (unpaired) electrons. The molecule has 3 aliphatic rings. The SMILES string of the molecule is O=CC(=O)CCCOP(=O)(O)OC1C(O[C@H]2OC(CO)[C@@H](O)C(O)C2O)C(O)C(O)C(O)C1O[C@H]1OC(CO)[C@@H](O)C(O)C1O. The van der Waals surface area contributed by atoms with Crippen LogP contribution in [-0.4, -0.2) is 191 Å². The first-order chi connectivity index (χ1) is 21.1. The molecule has 3 fully saturated rings. The fourth-order valence-electron chi connectivity index (χ4n) is 4.94. The molecule has 12 N–H and O–H groups in total. The quantitative estimate of drug-likeness (QED) is 0.0350. The van der Waals surface area contributed by atoms with Crippen molar-refractivity contribution >= 4 is 19.9 Å². The van der Waals surface area contributed by atoms with Gasteiger partial charge in [-0.1, -0.05) is 0 Å². The Balaban J connectivity index is 1.94. The second-order valence-electron chi connectivity index (χ2n) is 10.6. The van der Waals surface area contributed by atoms with Gasteiger partial charge in [-0.05, 0) is 6.42 Å². The molecule has 2 saturated heterocycles. The summed E-state index contributed by atoms with van der Waals surface area (Å²) in [5, 5.41) is 113. The largest absolute Gasteiger partial charge is 0.472 e. The van der Waals surface area contributed by atoms with E-state index in [4.69, 9.17) is 28.0 Å². The first-order valence-corrected chi connectivity index (χ1v) is 15.2. The zero-order valence-corrected chi connectivity index (χ0v) is 24.2. The summed E-state index contributed by atoms with van der Waals surface area (Å²) < 4.78 is 44.3. The molecular weight excluding hydrogens is 643 g/mol. The molecular formula is C23H39O21P. The summed E-state index contributed by atoms with van der Waals surface area (Å²) >= 11 is 0. The number of carbonyl (C=O) groups excluding carboxylic acids is 2. The Morgan fingerprint density at radius 3 is 1.49 bits per heavy atom. The van der Waals surface area contributed by atoms with Crippen LogP contribution in [0.3, 0.4) is 0 Å². The summed E-state index contributed by atoms with van der Waals surface area (Å²) in [6, 6.07) is 0. The van der Waals surface area contributed by atoms with Gasteiger partial charge >= 0.3 is 7.82 Å². The molecule has 1 aliphatic carbocycles. The van der Waals surface area contributed by atoms with Gasteiger partial charge in [0.05, 0.1) is 19.8 Å². The Kier molecular flexibility index (Phi) is 13.9. The van der Waals surface area contributed by atoms with E-state index in [1.54, 1.807) is 0 Å². The first kappa shape index (κ1) is 38.3. The fraction of sp³-hybridized carbons (Fsp3) is 0.913.